The number of carbonyl (C=O) groups is 2. The summed E-state index contributed by atoms with van der Waals surface area (Å²) >= 11 is 0. The highest BCUT2D eigenvalue weighted by Gasteiger charge is 2.38. The van der Waals surface area contributed by atoms with Crippen LogP contribution in [0.5, 0.6) is 0 Å². The van der Waals surface area contributed by atoms with Crippen LogP contribution in [0.3, 0.4) is 0 Å². The molecule has 0 amide bonds. The second-order valence-corrected chi connectivity index (χ2v) is 6.84. The molecule has 0 aliphatic carbocycles. The van der Waals surface area contributed by atoms with E-state index in [2.05, 4.69) is 5.32 Å². The summed E-state index contributed by atoms with van der Waals surface area (Å²) in [5.74, 6) is -2.13. The zero-order valence-corrected chi connectivity index (χ0v) is 18.0. The van der Waals surface area contributed by atoms with Crippen LogP contribution in [0.2, 0.25) is 0 Å². The molecule has 0 bridgehead atoms. The Hall–Kier alpha value is -3.68. The van der Waals surface area contributed by atoms with Crippen molar-refractivity contribution in [1.82, 2.24) is 5.32 Å². The minimum atomic E-state index is -0.870. The monoisotopic (exact) mass is 426 g/mol. The number of carbonyl (C=O) groups excluding carboxylic acids is 2. The summed E-state index contributed by atoms with van der Waals surface area (Å²) in [6, 6.07) is 5.85. The lowest BCUT2D eigenvalue weighted by atomic mass is 9.80. The molecule has 31 heavy (non-hydrogen) atoms. The summed E-state index contributed by atoms with van der Waals surface area (Å²) in [7, 11) is 1.24. The average Bonchev–Trinajstić information content (AvgIpc) is 2.75. The van der Waals surface area contributed by atoms with E-state index in [9.17, 15) is 19.7 Å². The van der Waals surface area contributed by atoms with Crippen LogP contribution in [-0.2, 0) is 19.1 Å². The quantitative estimate of drug-likeness (QED) is 0.289. The Kier molecular flexibility index (Phi) is 8.31. The molecule has 1 heterocycles. The second kappa shape index (κ2) is 10.9. The average molecular weight is 426 g/mol. The molecule has 1 N–H and O–H groups in total. The topological polar surface area (TPSA) is 108 Å². The molecule has 1 aromatic carbocycles. The molecule has 1 atom stereocenters. The predicted octanol–water partition coefficient (Wildman–Crippen LogP) is 4.07. The maximum Gasteiger partial charge on any atom is 0.337 e. The number of allylic oxidation sites excluding steroid dienone is 5. The molecule has 0 saturated heterocycles. The van der Waals surface area contributed by atoms with Crippen molar-refractivity contribution in [2.45, 2.75) is 33.1 Å². The molecule has 1 aliphatic rings. The van der Waals surface area contributed by atoms with Gasteiger partial charge in [0.1, 0.15) is 6.61 Å². The van der Waals surface area contributed by atoms with E-state index in [0.29, 0.717) is 17.0 Å². The molecule has 0 aromatic heterocycles. The number of hydrogen-bond donors (Lipinski definition) is 1. The number of nitrogens with zero attached hydrogens (tertiary/aromatic N) is 1. The van der Waals surface area contributed by atoms with Crippen molar-refractivity contribution >= 4 is 17.6 Å². The van der Waals surface area contributed by atoms with Crippen LogP contribution in [0.15, 0.2) is 71.1 Å². The number of non-ortho nitro benzene ring substituents is 1. The second-order valence-electron chi connectivity index (χ2n) is 6.84. The summed E-state index contributed by atoms with van der Waals surface area (Å²) in [5, 5.41) is 14.3. The molecule has 0 spiro atoms. The number of ether oxygens (including phenoxy) is 2. The normalized spacial score (nSPS) is 16.6. The van der Waals surface area contributed by atoms with Crippen LogP contribution in [0.25, 0.3) is 0 Å². The summed E-state index contributed by atoms with van der Waals surface area (Å²) < 4.78 is 10.3. The van der Waals surface area contributed by atoms with Gasteiger partial charge in [0.15, 0.2) is 0 Å². The van der Waals surface area contributed by atoms with E-state index in [1.807, 2.05) is 19.1 Å². The van der Waals surface area contributed by atoms with Gasteiger partial charge in [-0.25, -0.2) is 9.59 Å². The Morgan fingerprint density at radius 2 is 1.77 bits per heavy atom. The zero-order chi connectivity index (χ0) is 23.0. The molecular formula is C23H26N2O6. The van der Waals surface area contributed by atoms with E-state index < -0.39 is 22.8 Å². The van der Waals surface area contributed by atoms with Gasteiger partial charge in [0, 0.05) is 23.5 Å². The van der Waals surface area contributed by atoms with Gasteiger partial charge in [-0.1, -0.05) is 37.3 Å². The fraction of sp³-hybridized carbons (Fsp3) is 0.304. The number of benzene rings is 1. The highest BCUT2D eigenvalue weighted by Crippen LogP contribution is 2.40. The number of rotatable bonds is 8. The number of esters is 2. The van der Waals surface area contributed by atoms with Gasteiger partial charge in [-0.3, -0.25) is 10.1 Å². The summed E-state index contributed by atoms with van der Waals surface area (Å²) in [4.78, 5) is 36.3. The van der Waals surface area contributed by atoms with Crippen molar-refractivity contribution in [2.75, 3.05) is 13.7 Å². The van der Waals surface area contributed by atoms with Gasteiger partial charge < -0.3 is 14.8 Å². The van der Waals surface area contributed by atoms with Crippen molar-refractivity contribution in [2.24, 2.45) is 0 Å². The molecule has 0 radical (unpaired) electrons. The minimum absolute atomic E-state index is 0.0432. The lowest BCUT2D eigenvalue weighted by Crippen LogP contribution is -2.32. The third kappa shape index (κ3) is 5.69. The minimum Gasteiger partial charge on any atom is -0.466 e. The number of nitrogens with one attached hydrogen (secondary N) is 1. The van der Waals surface area contributed by atoms with Crippen LogP contribution in [-0.4, -0.2) is 30.6 Å². The predicted molar refractivity (Wildman–Crippen MR) is 116 cm³/mol. The highest BCUT2D eigenvalue weighted by molar-refractivity contribution is 5.99. The molecule has 1 aliphatic heterocycles. The summed E-state index contributed by atoms with van der Waals surface area (Å²) in [6.07, 6.45) is 8.19. The van der Waals surface area contributed by atoms with Gasteiger partial charge in [-0.2, -0.15) is 0 Å². The molecular weight excluding hydrogens is 400 g/mol. The maximum atomic E-state index is 13.0. The molecule has 0 saturated carbocycles. The van der Waals surface area contributed by atoms with Gasteiger partial charge in [0.2, 0.25) is 0 Å². The molecule has 2 rings (SSSR count). The SMILES string of the molecule is CCC=CC=CCOC(=O)C1=C(C)NC(C)=C(C(=O)OC)C1c1cccc([N+](=O)[O-])c1. The van der Waals surface area contributed by atoms with Gasteiger partial charge in [-0.15, -0.1) is 0 Å². The fourth-order valence-corrected chi connectivity index (χ4v) is 3.35. The van der Waals surface area contributed by atoms with Crippen LogP contribution < -0.4 is 5.32 Å². The van der Waals surface area contributed by atoms with E-state index in [0.717, 1.165) is 6.42 Å². The number of methoxy groups -OCH3 is 1. The van der Waals surface area contributed by atoms with E-state index >= 15 is 0 Å². The van der Waals surface area contributed by atoms with E-state index in [1.165, 1.54) is 25.3 Å². The smallest absolute Gasteiger partial charge is 0.337 e. The molecule has 0 fully saturated rings. The Morgan fingerprint density at radius 3 is 2.39 bits per heavy atom. The maximum absolute atomic E-state index is 13.0. The lowest BCUT2D eigenvalue weighted by Gasteiger charge is -2.30. The van der Waals surface area contributed by atoms with Crippen molar-refractivity contribution in [1.29, 1.82) is 0 Å². The number of dihydropyridines is 1. The number of hydrogen-bond acceptors (Lipinski definition) is 7. The largest absolute Gasteiger partial charge is 0.466 e. The molecule has 8 nitrogen and oxygen atoms in total. The highest BCUT2D eigenvalue weighted by atomic mass is 16.6. The van der Waals surface area contributed by atoms with E-state index in [1.54, 1.807) is 32.1 Å². The lowest BCUT2D eigenvalue weighted by molar-refractivity contribution is -0.384. The van der Waals surface area contributed by atoms with Crippen LogP contribution >= 0.6 is 0 Å². The third-order valence-corrected chi connectivity index (χ3v) is 4.73. The van der Waals surface area contributed by atoms with Crippen LogP contribution in [0, 0.1) is 10.1 Å². The van der Waals surface area contributed by atoms with Crippen LogP contribution in [0.1, 0.15) is 38.7 Å². The van der Waals surface area contributed by atoms with Gasteiger partial charge in [-0.05, 0) is 31.9 Å². The molecule has 8 heteroatoms. The van der Waals surface area contributed by atoms with E-state index in [4.69, 9.17) is 9.47 Å². The molecule has 1 unspecified atom stereocenters. The Bertz CT molecular complexity index is 988. The van der Waals surface area contributed by atoms with Crippen molar-refractivity contribution < 1.29 is 24.0 Å². The summed E-state index contributed by atoms with van der Waals surface area (Å²) in [5.41, 5.74) is 1.67. The first-order valence-corrected chi connectivity index (χ1v) is 9.81. The Balaban J connectivity index is 2.47. The zero-order valence-electron chi connectivity index (χ0n) is 18.0. The standard InChI is InChI=1S/C23H26N2O6/c1-5-6-7-8-9-13-31-23(27)20-16(3)24-15(2)19(22(26)30-4)21(20)17-11-10-12-18(14-17)25(28)29/h6-12,14,21,24H,5,13H2,1-4H3. The van der Waals surface area contributed by atoms with Crippen LogP contribution in [0.4, 0.5) is 5.69 Å². The first-order valence-electron chi connectivity index (χ1n) is 9.81. The van der Waals surface area contributed by atoms with Gasteiger partial charge in [0.25, 0.3) is 5.69 Å². The van der Waals surface area contributed by atoms with Gasteiger partial charge >= 0.3 is 11.9 Å². The fourth-order valence-electron chi connectivity index (χ4n) is 3.35. The Morgan fingerprint density at radius 1 is 1.13 bits per heavy atom. The first-order chi connectivity index (χ1) is 14.8. The van der Waals surface area contributed by atoms with Crippen molar-refractivity contribution in [3.05, 3.63) is 86.8 Å². The van der Waals surface area contributed by atoms with E-state index in [-0.39, 0.29) is 23.4 Å². The Labute approximate surface area is 181 Å². The number of nitro benzene ring substituents is 1. The van der Waals surface area contributed by atoms with Crippen molar-refractivity contribution in [3.8, 4) is 0 Å². The summed E-state index contributed by atoms with van der Waals surface area (Å²) in [6.45, 7) is 5.43. The molecule has 164 valence electrons. The number of nitro groups is 1. The first kappa shape index (κ1) is 23.6. The third-order valence-electron chi connectivity index (χ3n) is 4.73. The molecule has 1 aromatic rings. The van der Waals surface area contributed by atoms with Gasteiger partial charge in [0.05, 0.1) is 29.1 Å². The van der Waals surface area contributed by atoms with Crippen molar-refractivity contribution in [3.63, 3.8) is 0 Å².